The highest BCUT2D eigenvalue weighted by Gasteiger charge is 2.25. The van der Waals surface area contributed by atoms with Gasteiger partial charge in [0.2, 0.25) is 0 Å². The molecular formula is C16H25ClO. The zero-order valence-corrected chi connectivity index (χ0v) is 13.4. The van der Waals surface area contributed by atoms with E-state index in [4.69, 9.17) is 16.3 Å². The van der Waals surface area contributed by atoms with Gasteiger partial charge in [0.15, 0.2) is 0 Å². The standard InChI is InChI=1S/C16H25ClO/c1-15(2,3)12-8-11(10-17)14(18-7)13(9-12)16(4,5)6/h8-9H,10H2,1-7H3. The Hall–Kier alpha value is -0.690. The Morgan fingerprint density at radius 2 is 1.56 bits per heavy atom. The lowest BCUT2D eigenvalue weighted by Gasteiger charge is -2.28. The molecule has 0 heterocycles. The second kappa shape index (κ2) is 5.13. The van der Waals surface area contributed by atoms with E-state index in [1.54, 1.807) is 7.11 Å². The van der Waals surface area contributed by atoms with Crippen molar-refractivity contribution in [2.24, 2.45) is 0 Å². The second-order valence-electron chi connectivity index (χ2n) is 6.85. The lowest BCUT2D eigenvalue weighted by atomic mass is 9.79. The number of rotatable bonds is 2. The van der Waals surface area contributed by atoms with Crippen LogP contribution in [0, 0.1) is 0 Å². The molecule has 0 aliphatic heterocycles. The van der Waals surface area contributed by atoms with Crippen LogP contribution in [0.2, 0.25) is 0 Å². The van der Waals surface area contributed by atoms with Gasteiger partial charge in [0.05, 0.1) is 13.0 Å². The topological polar surface area (TPSA) is 9.23 Å². The van der Waals surface area contributed by atoms with Crippen LogP contribution in [0.4, 0.5) is 0 Å². The zero-order chi connectivity index (χ0) is 14.1. The molecule has 0 bridgehead atoms. The smallest absolute Gasteiger partial charge is 0.127 e. The van der Waals surface area contributed by atoms with Gasteiger partial charge in [0, 0.05) is 11.1 Å². The third-order valence-electron chi connectivity index (χ3n) is 3.19. The summed E-state index contributed by atoms with van der Waals surface area (Å²) in [5.74, 6) is 1.42. The summed E-state index contributed by atoms with van der Waals surface area (Å²) in [5.41, 5.74) is 3.79. The monoisotopic (exact) mass is 268 g/mol. The molecule has 1 aromatic carbocycles. The summed E-state index contributed by atoms with van der Waals surface area (Å²) in [6, 6.07) is 4.43. The molecule has 1 aromatic rings. The van der Waals surface area contributed by atoms with E-state index in [1.165, 1.54) is 11.1 Å². The van der Waals surface area contributed by atoms with Gasteiger partial charge < -0.3 is 4.74 Å². The summed E-state index contributed by atoms with van der Waals surface area (Å²) in [7, 11) is 1.72. The van der Waals surface area contributed by atoms with Crippen LogP contribution < -0.4 is 4.74 Å². The van der Waals surface area contributed by atoms with Crippen molar-refractivity contribution in [2.75, 3.05) is 7.11 Å². The summed E-state index contributed by atoms with van der Waals surface area (Å²) in [6.45, 7) is 13.3. The van der Waals surface area contributed by atoms with Gasteiger partial charge in [-0.2, -0.15) is 0 Å². The van der Waals surface area contributed by atoms with E-state index in [0.717, 1.165) is 11.3 Å². The van der Waals surface area contributed by atoms with Gasteiger partial charge in [0.25, 0.3) is 0 Å². The average molecular weight is 269 g/mol. The molecule has 0 aliphatic carbocycles. The van der Waals surface area contributed by atoms with Gasteiger partial charge in [-0.25, -0.2) is 0 Å². The third-order valence-corrected chi connectivity index (χ3v) is 3.48. The molecular weight excluding hydrogens is 244 g/mol. The molecule has 0 spiro atoms. The molecule has 2 heteroatoms. The first-order valence-electron chi connectivity index (χ1n) is 6.39. The average Bonchev–Trinajstić information content (AvgIpc) is 2.24. The van der Waals surface area contributed by atoms with Gasteiger partial charge in [-0.1, -0.05) is 53.7 Å². The molecule has 1 nitrogen and oxygen atoms in total. The van der Waals surface area contributed by atoms with Crippen molar-refractivity contribution in [1.29, 1.82) is 0 Å². The Labute approximate surface area is 116 Å². The van der Waals surface area contributed by atoms with Crippen molar-refractivity contribution in [3.05, 3.63) is 28.8 Å². The largest absolute Gasteiger partial charge is 0.496 e. The second-order valence-corrected chi connectivity index (χ2v) is 7.12. The minimum Gasteiger partial charge on any atom is -0.496 e. The van der Waals surface area contributed by atoms with Crippen molar-refractivity contribution in [1.82, 2.24) is 0 Å². The highest BCUT2D eigenvalue weighted by atomic mass is 35.5. The molecule has 18 heavy (non-hydrogen) atoms. The Kier molecular flexibility index (Phi) is 4.38. The first-order chi connectivity index (χ1) is 8.11. The van der Waals surface area contributed by atoms with E-state index in [0.29, 0.717) is 5.88 Å². The predicted octanol–water partition coefficient (Wildman–Crippen LogP) is 5.03. The van der Waals surface area contributed by atoms with Crippen molar-refractivity contribution < 1.29 is 4.74 Å². The Balaban J connectivity index is 3.57. The predicted molar refractivity (Wildman–Crippen MR) is 80.0 cm³/mol. The highest BCUT2D eigenvalue weighted by Crippen LogP contribution is 2.38. The van der Waals surface area contributed by atoms with Crippen molar-refractivity contribution >= 4 is 11.6 Å². The number of hydrogen-bond acceptors (Lipinski definition) is 1. The quantitative estimate of drug-likeness (QED) is 0.684. The third kappa shape index (κ3) is 3.20. The van der Waals surface area contributed by atoms with Gasteiger partial charge in [0.1, 0.15) is 5.75 Å². The maximum absolute atomic E-state index is 6.07. The Morgan fingerprint density at radius 1 is 1.00 bits per heavy atom. The molecule has 0 fully saturated rings. The summed E-state index contributed by atoms with van der Waals surface area (Å²) >= 11 is 6.07. The number of benzene rings is 1. The summed E-state index contributed by atoms with van der Waals surface area (Å²) < 4.78 is 5.58. The van der Waals surface area contributed by atoms with Crippen LogP contribution in [0.5, 0.6) is 5.75 Å². The van der Waals surface area contributed by atoms with Gasteiger partial charge >= 0.3 is 0 Å². The Bertz CT molecular complexity index is 422. The summed E-state index contributed by atoms with van der Waals surface area (Å²) in [5, 5.41) is 0. The van der Waals surface area contributed by atoms with Crippen LogP contribution in [-0.4, -0.2) is 7.11 Å². The minimum atomic E-state index is 0.0490. The molecule has 0 saturated heterocycles. The van der Waals surface area contributed by atoms with Crippen LogP contribution in [0.15, 0.2) is 12.1 Å². The van der Waals surface area contributed by atoms with Crippen LogP contribution in [-0.2, 0) is 16.7 Å². The SMILES string of the molecule is COc1c(CCl)cc(C(C)(C)C)cc1C(C)(C)C. The maximum Gasteiger partial charge on any atom is 0.127 e. The number of hydrogen-bond donors (Lipinski definition) is 0. The maximum atomic E-state index is 6.07. The van der Waals surface area contributed by atoms with E-state index in [-0.39, 0.29) is 10.8 Å². The number of halogens is 1. The minimum absolute atomic E-state index is 0.0490. The summed E-state index contributed by atoms with van der Waals surface area (Å²) in [6.07, 6.45) is 0. The molecule has 0 atom stereocenters. The zero-order valence-electron chi connectivity index (χ0n) is 12.6. The normalized spacial score (nSPS) is 12.7. The molecule has 0 aliphatic rings. The van der Waals surface area contributed by atoms with Gasteiger partial charge in [-0.05, 0) is 16.4 Å². The van der Waals surface area contributed by atoms with Crippen molar-refractivity contribution in [2.45, 2.75) is 58.3 Å². The van der Waals surface area contributed by atoms with Crippen LogP contribution in [0.3, 0.4) is 0 Å². The fourth-order valence-electron chi connectivity index (χ4n) is 2.02. The fourth-order valence-corrected chi connectivity index (χ4v) is 2.22. The van der Waals surface area contributed by atoms with E-state index in [2.05, 4.69) is 53.7 Å². The van der Waals surface area contributed by atoms with Crippen molar-refractivity contribution in [3.63, 3.8) is 0 Å². The van der Waals surface area contributed by atoms with Gasteiger partial charge in [-0.15, -0.1) is 11.6 Å². The number of methoxy groups -OCH3 is 1. The van der Waals surface area contributed by atoms with Crippen LogP contribution in [0.1, 0.15) is 58.2 Å². The van der Waals surface area contributed by atoms with E-state index < -0.39 is 0 Å². The Morgan fingerprint density at radius 3 is 1.89 bits per heavy atom. The van der Waals surface area contributed by atoms with Crippen LogP contribution in [0.25, 0.3) is 0 Å². The first kappa shape index (κ1) is 15.4. The van der Waals surface area contributed by atoms with Crippen LogP contribution >= 0.6 is 11.6 Å². The lowest BCUT2D eigenvalue weighted by molar-refractivity contribution is 0.393. The van der Waals surface area contributed by atoms with E-state index in [1.807, 2.05) is 0 Å². The molecule has 0 unspecified atom stereocenters. The molecule has 0 radical (unpaired) electrons. The first-order valence-corrected chi connectivity index (χ1v) is 6.92. The number of ether oxygens (including phenoxy) is 1. The molecule has 102 valence electrons. The van der Waals surface area contributed by atoms with Crippen molar-refractivity contribution in [3.8, 4) is 5.75 Å². The molecule has 0 saturated carbocycles. The molecule has 1 rings (SSSR count). The highest BCUT2D eigenvalue weighted by molar-refractivity contribution is 6.17. The molecule has 0 N–H and O–H groups in total. The fraction of sp³-hybridized carbons (Fsp3) is 0.625. The van der Waals surface area contributed by atoms with Gasteiger partial charge in [-0.3, -0.25) is 0 Å². The van der Waals surface area contributed by atoms with E-state index >= 15 is 0 Å². The molecule has 0 amide bonds. The lowest BCUT2D eigenvalue weighted by Crippen LogP contribution is -2.18. The van der Waals surface area contributed by atoms with E-state index in [9.17, 15) is 0 Å². The molecule has 0 aromatic heterocycles. The summed E-state index contributed by atoms with van der Waals surface area (Å²) in [4.78, 5) is 0. The number of alkyl halides is 1.